The maximum Gasteiger partial charge on any atom is 0.282 e. The Hall–Kier alpha value is -2.90. The first kappa shape index (κ1) is 20.8. The van der Waals surface area contributed by atoms with Crippen LogP contribution in [0.2, 0.25) is 10.0 Å². The molecule has 0 bridgehead atoms. The number of hydrogen-bond acceptors (Lipinski definition) is 5. The first-order valence-electron chi connectivity index (χ1n) is 8.77. The van der Waals surface area contributed by atoms with Crippen molar-refractivity contribution in [3.05, 3.63) is 72.3 Å². The molecule has 0 aliphatic carbocycles. The van der Waals surface area contributed by atoms with Crippen LogP contribution in [0.3, 0.4) is 0 Å². The lowest BCUT2D eigenvalue weighted by Gasteiger charge is -2.14. The Morgan fingerprint density at radius 3 is 2.59 bits per heavy atom. The summed E-state index contributed by atoms with van der Waals surface area (Å²) in [5.74, 6) is -0.304. The molecule has 9 heteroatoms. The molecule has 3 rings (SSSR count). The van der Waals surface area contributed by atoms with Crippen LogP contribution in [0.4, 0.5) is 17.2 Å². The van der Waals surface area contributed by atoms with Gasteiger partial charge in [-0.1, -0.05) is 43.1 Å². The second-order valence-corrected chi connectivity index (χ2v) is 7.77. The molecule has 0 radical (unpaired) electrons. The highest BCUT2D eigenvalue weighted by atomic mass is 35.5. The van der Waals surface area contributed by atoms with Gasteiger partial charge < -0.3 is 10.3 Å². The number of non-ortho nitro benzene ring substituents is 1. The van der Waals surface area contributed by atoms with Gasteiger partial charge in [-0.05, 0) is 30.2 Å². The predicted molar refractivity (Wildman–Crippen MR) is 115 cm³/mol. The zero-order valence-corrected chi connectivity index (χ0v) is 17.1. The summed E-state index contributed by atoms with van der Waals surface area (Å²) < 4.78 is 0. The summed E-state index contributed by atoms with van der Waals surface area (Å²) in [5.41, 5.74) is -0.581. The van der Waals surface area contributed by atoms with E-state index in [0.29, 0.717) is 15.7 Å². The van der Waals surface area contributed by atoms with Gasteiger partial charge in [0.05, 0.1) is 21.2 Å². The van der Waals surface area contributed by atoms with Crippen LogP contribution >= 0.6 is 23.2 Å². The van der Waals surface area contributed by atoms with Gasteiger partial charge in [-0.3, -0.25) is 19.7 Å². The quantitative estimate of drug-likeness (QED) is 0.294. The molecule has 2 N–H and O–H groups in total. The number of carbonyl (C=O) groups excluding carboxylic acids is 1. The monoisotopic (exact) mass is 433 g/mol. The van der Waals surface area contributed by atoms with Gasteiger partial charge in [0.15, 0.2) is 5.78 Å². The number of Topliss-reactive ketones (excluding diaryl/α,β-unsaturated/α-hetero) is 1. The SMILES string of the molecule is CC(C)CC(=O)c1c(Nc2ccc(Cl)cc2Cl)[nH]c2cccc([N+](=O)[O-])c2c1=O. The highest BCUT2D eigenvalue weighted by molar-refractivity contribution is 6.36. The van der Waals surface area contributed by atoms with E-state index < -0.39 is 16.1 Å². The average Bonchev–Trinajstić information content (AvgIpc) is 2.62. The van der Waals surface area contributed by atoms with E-state index in [1.165, 1.54) is 24.3 Å². The molecule has 7 nitrogen and oxygen atoms in total. The minimum Gasteiger partial charge on any atom is -0.340 e. The summed E-state index contributed by atoms with van der Waals surface area (Å²) in [6.45, 7) is 3.69. The molecule has 150 valence electrons. The van der Waals surface area contributed by atoms with E-state index in [1.54, 1.807) is 12.1 Å². The third-order valence-corrected chi connectivity index (χ3v) is 4.81. The van der Waals surface area contributed by atoms with Crippen molar-refractivity contribution in [3.8, 4) is 0 Å². The van der Waals surface area contributed by atoms with Gasteiger partial charge in [-0.15, -0.1) is 0 Å². The fourth-order valence-electron chi connectivity index (χ4n) is 3.03. The molecule has 0 amide bonds. The summed E-state index contributed by atoms with van der Waals surface area (Å²) in [5, 5.41) is 14.9. The highest BCUT2D eigenvalue weighted by Crippen LogP contribution is 2.31. The summed E-state index contributed by atoms with van der Waals surface area (Å²) in [6, 6.07) is 8.97. The second kappa shape index (κ2) is 8.23. The number of rotatable bonds is 6. The molecule has 0 aliphatic rings. The van der Waals surface area contributed by atoms with Crippen LogP contribution in [0.15, 0.2) is 41.2 Å². The number of aromatic amines is 1. The largest absolute Gasteiger partial charge is 0.340 e. The van der Waals surface area contributed by atoms with Gasteiger partial charge in [0.25, 0.3) is 5.69 Å². The van der Waals surface area contributed by atoms with Crippen LogP contribution in [0.1, 0.15) is 30.6 Å². The van der Waals surface area contributed by atoms with Crippen molar-refractivity contribution in [2.45, 2.75) is 20.3 Å². The van der Waals surface area contributed by atoms with Gasteiger partial charge in [-0.25, -0.2) is 0 Å². The molecule has 29 heavy (non-hydrogen) atoms. The molecule has 1 aromatic heterocycles. The van der Waals surface area contributed by atoms with E-state index in [0.717, 1.165) is 0 Å². The Morgan fingerprint density at radius 2 is 1.97 bits per heavy atom. The van der Waals surface area contributed by atoms with E-state index in [-0.39, 0.29) is 40.3 Å². The Balaban J connectivity index is 2.28. The molecule has 0 unspecified atom stereocenters. The number of H-pyrrole nitrogens is 1. The number of nitro groups is 1. The van der Waals surface area contributed by atoms with E-state index in [1.807, 2.05) is 13.8 Å². The molecule has 2 aromatic carbocycles. The molecule has 3 aromatic rings. The average molecular weight is 434 g/mol. The predicted octanol–water partition coefficient (Wildman–Crippen LogP) is 5.72. The van der Waals surface area contributed by atoms with Crippen LogP contribution in [-0.2, 0) is 0 Å². The van der Waals surface area contributed by atoms with Crippen molar-refractivity contribution in [1.29, 1.82) is 0 Å². The Labute approximate surface area is 175 Å². The van der Waals surface area contributed by atoms with E-state index >= 15 is 0 Å². The number of fused-ring (bicyclic) bond motifs is 1. The van der Waals surface area contributed by atoms with Gasteiger partial charge in [0.1, 0.15) is 16.8 Å². The zero-order chi connectivity index (χ0) is 21.3. The summed E-state index contributed by atoms with van der Waals surface area (Å²) >= 11 is 12.1. The number of carbonyl (C=O) groups is 1. The van der Waals surface area contributed by atoms with Crippen LogP contribution in [0.5, 0.6) is 0 Å². The number of nitrogens with one attached hydrogen (secondary N) is 2. The highest BCUT2D eigenvalue weighted by Gasteiger charge is 2.25. The number of nitro benzene ring substituents is 1. The lowest BCUT2D eigenvalue weighted by molar-refractivity contribution is -0.383. The summed E-state index contributed by atoms with van der Waals surface area (Å²) in [4.78, 5) is 39.8. The Kier molecular flexibility index (Phi) is 5.91. The lowest BCUT2D eigenvalue weighted by Crippen LogP contribution is -2.21. The standard InChI is InChI=1S/C20H17Cl2N3O4/c1-10(2)8-16(26)18-19(27)17-14(4-3-5-15(17)25(28)29)24-20(18)23-13-7-6-11(21)9-12(13)22/h3-7,9-10H,8H2,1-2H3,(H2,23,24,27). The lowest BCUT2D eigenvalue weighted by atomic mass is 9.99. The third-order valence-electron chi connectivity index (χ3n) is 4.27. The number of halogens is 2. The number of anilines is 2. The van der Waals surface area contributed by atoms with Gasteiger partial charge >= 0.3 is 0 Å². The molecule has 0 saturated carbocycles. The van der Waals surface area contributed by atoms with Crippen molar-refractivity contribution < 1.29 is 9.72 Å². The van der Waals surface area contributed by atoms with Crippen molar-refractivity contribution in [3.63, 3.8) is 0 Å². The minimum absolute atomic E-state index is 0.00433. The molecule has 1 heterocycles. The minimum atomic E-state index is -0.704. The van der Waals surface area contributed by atoms with Crippen LogP contribution in [0.25, 0.3) is 10.9 Å². The molecule has 0 spiro atoms. The molecule has 0 atom stereocenters. The van der Waals surface area contributed by atoms with Crippen molar-refractivity contribution in [2.24, 2.45) is 5.92 Å². The smallest absolute Gasteiger partial charge is 0.282 e. The third kappa shape index (κ3) is 4.26. The van der Waals surface area contributed by atoms with Gasteiger partial charge in [0.2, 0.25) is 5.43 Å². The van der Waals surface area contributed by atoms with Crippen molar-refractivity contribution in [2.75, 3.05) is 5.32 Å². The first-order chi connectivity index (χ1) is 13.7. The van der Waals surface area contributed by atoms with Crippen LogP contribution in [-0.4, -0.2) is 15.7 Å². The summed E-state index contributed by atoms with van der Waals surface area (Å²) in [7, 11) is 0. The number of ketones is 1. The van der Waals surface area contributed by atoms with Crippen molar-refractivity contribution in [1.82, 2.24) is 4.98 Å². The Morgan fingerprint density at radius 1 is 1.24 bits per heavy atom. The van der Waals surface area contributed by atoms with E-state index in [9.17, 15) is 19.7 Å². The molecular formula is C20H17Cl2N3O4. The maximum atomic E-state index is 13.2. The Bertz CT molecular complexity index is 1190. The number of pyridine rings is 1. The fourth-order valence-corrected chi connectivity index (χ4v) is 3.48. The number of benzene rings is 2. The summed E-state index contributed by atoms with van der Waals surface area (Å²) in [6.07, 6.45) is 0.109. The maximum absolute atomic E-state index is 13.2. The normalized spacial score (nSPS) is 11.1. The fraction of sp³-hybridized carbons (Fsp3) is 0.200. The first-order valence-corrected chi connectivity index (χ1v) is 9.53. The molecule has 0 aliphatic heterocycles. The second-order valence-electron chi connectivity index (χ2n) is 6.93. The van der Waals surface area contributed by atoms with E-state index in [2.05, 4.69) is 10.3 Å². The number of aromatic nitrogens is 1. The van der Waals surface area contributed by atoms with Gasteiger partial charge in [0, 0.05) is 17.5 Å². The van der Waals surface area contributed by atoms with Gasteiger partial charge in [-0.2, -0.15) is 0 Å². The molecule has 0 fully saturated rings. The molecular weight excluding hydrogens is 417 g/mol. The topological polar surface area (TPSA) is 105 Å². The van der Waals surface area contributed by atoms with Crippen molar-refractivity contribution >= 4 is 57.1 Å². The molecule has 0 saturated heterocycles. The van der Waals surface area contributed by atoms with Crippen LogP contribution in [0, 0.1) is 16.0 Å². The number of hydrogen-bond donors (Lipinski definition) is 2. The number of nitrogens with zero attached hydrogens (tertiary/aromatic N) is 1. The van der Waals surface area contributed by atoms with E-state index in [4.69, 9.17) is 23.2 Å². The van der Waals surface area contributed by atoms with Crippen LogP contribution < -0.4 is 10.7 Å². The zero-order valence-electron chi connectivity index (χ0n) is 15.6.